The minimum absolute atomic E-state index is 0.0695. The van der Waals surface area contributed by atoms with Crippen LogP contribution in [0, 0.1) is 0 Å². The maximum absolute atomic E-state index is 11.9. The smallest absolute Gasteiger partial charge is 0.339 e. The summed E-state index contributed by atoms with van der Waals surface area (Å²) in [7, 11) is 0. The Morgan fingerprint density at radius 3 is 2.90 bits per heavy atom. The molecular formula is C16H21BrO3. The van der Waals surface area contributed by atoms with Crippen molar-refractivity contribution in [2.24, 2.45) is 0 Å². The van der Waals surface area contributed by atoms with Gasteiger partial charge in [0.15, 0.2) is 0 Å². The zero-order valence-electron chi connectivity index (χ0n) is 11.9. The SMILES string of the molecule is CCCCC1OC(=O)c2cc(OCCCCBr)ccc21. The number of alkyl halides is 1. The molecule has 0 bridgehead atoms. The van der Waals surface area contributed by atoms with Crippen LogP contribution in [-0.4, -0.2) is 17.9 Å². The largest absolute Gasteiger partial charge is 0.494 e. The Balaban J connectivity index is 2.00. The Bertz CT molecular complexity index is 459. The van der Waals surface area contributed by atoms with E-state index in [2.05, 4.69) is 22.9 Å². The topological polar surface area (TPSA) is 35.5 Å². The fourth-order valence-electron chi connectivity index (χ4n) is 2.33. The second-order valence-corrected chi connectivity index (χ2v) is 5.82. The van der Waals surface area contributed by atoms with Crippen molar-refractivity contribution in [3.05, 3.63) is 29.3 Å². The van der Waals surface area contributed by atoms with Crippen LogP contribution < -0.4 is 4.74 Å². The van der Waals surface area contributed by atoms with Crippen LogP contribution in [0.5, 0.6) is 5.75 Å². The highest BCUT2D eigenvalue weighted by atomic mass is 79.9. The Hall–Kier alpha value is -1.03. The molecule has 1 aliphatic rings. The number of carbonyl (C=O) groups is 1. The molecule has 0 N–H and O–H groups in total. The number of carbonyl (C=O) groups excluding carboxylic acids is 1. The molecule has 0 aromatic heterocycles. The minimum Gasteiger partial charge on any atom is -0.494 e. The molecule has 1 unspecified atom stereocenters. The van der Waals surface area contributed by atoms with Crippen LogP contribution in [0.2, 0.25) is 0 Å². The van der Waals surface area contributed by atoms with Crippen LogP contribution in [0.3, 0.4) is 0 Å². The van der Waals surface area contributed by atoms with Gasteiger partial charge >= 0.3 is 5.97 Å². The van der Waals surface area contributed by atoms with E-state index in [0.717, 1.165) is 48.7 Å². The number of benzene rings is 1. The van der Waals surface area contributed by atoms with Crippen molar-refractivity contribution in [1.82, 2.24) is 0 Å². The van der Waals surface area contributed by atoms with E-state index in [9.17, 15) is 4.79 Å². The predicted molar refractivity (Wildman–Crippen MR) is 82.6 cm³/mol. The Kier molecular flexibility index (Phi) is 5.89. The lowest BCUT2D eigenvalue weighted by molar-refractivity contribution is 0.0364. The molecule has 0 saturated carbocycles. The van der Waals surface area contributed by atoms with Crippen LogP contribution in [0.25, 0.3) is 0 Å². The first kappa shape index (κ1) is 15.4. The lowest BCUT2D eigenvalue weighted by atomic mass is 10.0. The van der Waals surface area contributed by atoms with E-state index in [1.165, 1.54) is 0 Å². The number of esters is 1. The molecule has 20 heavy (non-hydrogen) atoms. The van der Waals surface area contributed by atoms with E-state index < -0.39 is 0 Å². The highest BCUT2D eigenvalue weighted by Gasteiger charge is 2.30. The summed E-state index contributed by atoms with van der Waals surface area (Å²) in [5, 5.41) is 0.992. The molecule has 0 spiro atoms. The third-order valence-electron chi connectivity index (χ3n) is 3.46. The van der Waals surface area contributed by atoms with E-state index in [0.29, 0.717) is 12.2 Å². The van der Waals surface area contributed by atoms with Crippen LogP contribution >= 0.6 is 15.9 Å². The fourth-order valence-corrected chi connectivity index (χ4v) is 2.73. The molecule has 3 nitrogen and oxygen atoms in total. The number of hydrogen-bond donors (Lipinski definition) is 0. The summed E-state index contributed by atoms with van der Waals surface area (Å²) in [6.45, 7) is 2.82. The standard InChI is InChI=1S/C16H21BrO3/c1-2-3-6-15-13-8-7-12(19-10-5-4-9-17)11-14(13)16(18)20-15/h7-8,11,15H,2-6,9-10H2,1H3. The van der Waals surface area contributed by atoms with Crippen molar-refractivity contribution in [2.45, 2.75) is 45.1 Å². The molecule has 0 aliphatic carbocycles. The highest BCUT2D eigenvalue weighted by Crippen LogP contribution is 2.36. The summed E-state index contributed by atoms with van der Waals surface area (Å²) in [4.78, 5) is 11.9. The Morgan fingerprint density at radius 1 is 1.30 bits per heavy atom. The number of halogens is 1. The van der Waals surface area contributed by atoms with Gasteiger partial charge in [0.1, 0.15) is 11.9 Å². The summed E-state index contributed by atoms with van der Waals surface area (Å²) >= 11 is 3.39. The molecule has 1 aliphatic heterocycles. The average Bonchev–Trinajstić information content (AvgIpc) is 2.78. The molecule has 1 aromatic rings. The molecule has 4 heteroatoms. The number of unbranched alkanes of at least 4 members (excludes halogenated alkanes) is 2. The lowest BCUT2D eigenvalue weighted by Gasteiger charge is -2.10. The summed E-state index contributed by atoms with van der Waals surface area (Å²) in [6, 6.07) is 5.73. The molecule has 110 valence electrons. The second kappa shape index (κ2) is 7.67. The van der Waals surface area contributed by atoms with Gasteiger partial charge in [-0.05, 0) is 37.8 Å². The lowest BCUT2D eigenvalue weighted by Crippen LogP contribution is -1.99. The molecule has 0 fully saturated rings. The number of hydrogen-bond acceptors (Lipinski definition) is 3. The van der Waals surface area contributed by atoms with E-state index in [4.69, 9.17) is 9.47 Å². The Labute approximate surface area is 128 Å². The quantitative estimate of drug-likeness (QED) is 0.392. The van der Waals surface area contributed by atoms with Crippen LogP contribution in [-0.2, 0) is 4.74 Å². The first-order valence-corrected chi connectivity index (χ1v) is 8.42. The molecule has 1 heterocycles. The van der Waals surface area contributed by atoms with E-state index >= 15 is 0 Å². The van der Waals surface area contributed by atoms with Gasteiger partial charge in [-0.15, -0.1) is 0 Å². The van der Waals surface area contributed by atoms with Gasteiger partial charge in [0.2, 0.25) is 0 Å². The number of fused-ring (bicyclic) bond motifs is 1. The van der Waals surface area contributed by atoms with Gasteiger partial charge in [0, 0.05) is 10.9 Å². The maximum atomic E-state index is 11.9. The number of rotatable bonds is 8. The minimum atomic E-state index is -0.216. The molecule has 0 saturated heterocycles. The average molecular weight is 341 g/mol. The maximum Gasteiger partial charge on any atom is 0.339 e. The van der Waals surface area contributed by atoms with E-state index in [1.54, 1.807) is 0 Å². The fraction of sp³-hybridized carbons (Fsp3) is 0.562. The summed E-state index contributed by atoms with van der Waals surface area (Å²) in [6.07, 6.45) is 5.11. The molecular weight excluding hydrogens is 320 g/mol. The normalized spacial score (nSPS) is 16.9. The third kappa shape index (κ3) is 3.75. The van der Waals surface area contributed by atoms with Crippen molar-refractivity contribution in [2.75, 3.05) is 11.9 Å². The van der Waals surface area contributed by atoms with E-state index in [1.807, 2.05) is 18.2 Å². The van der Waals surface area contributed by atoms with Gasteiger partial charge in [0.25, 0.3) is 0 Å². The predicted octanol–water partition coefficient (Wildman–Crippen LogP) is 4.64. The van der Waals surface area contributed by atoms with Gasteiger partial charge in [-0.1, -0.05) is 35.3 Å². The molecule has 1 aromatic carbocycles. The summed E-state index contributed by atoms with van der Waals surface area (Å²) in [5.41, 5.74) is 1.68. The summed E-state index contributed by atoms with van der Waals surface area (Å²) < 4.78 is 11.1. The first-order valence-electron chi connectivity index (χ1n) is 7.30. The Morgan fingerprint density at radius 2 is 2.15 bits per heavy atom. The van der Waals surface area contributed by atoms with Gasteiger partial charge in [-0.2, -0.15) is 0 Å². The van der Waals surface area contributed by atoms with Crippen molar-refractivity contribution in [3.8, 4) is 5.75 Å². The van der Waals surface area contributed by atoms with Gasteiger partial charge in [-0.25, -0.2) is 4.79 Å². The molecule has 0 amide bonds. The second-order valence-electron chi connectivity index (χ2n) is 5.03. The van der Waals surface area contributed by atoms with Crippen LogP contribution in [0.4, 0.5) is 0 Å². The van der Waals surface area contributed by atoms with Crippen molar-refractivity contribution in [3.63, 3.8) is 0 Å². The van der Waals surface area contributed by atoms with Crippen molar-refractivity contribution in [1.29, 1.82) is 0 Å². The highest BCUT2D eigenvalue weighted by molar-refractivity contribution is 9.09. The van der Waals surface area contributed by atoms with Crippen LogP contribution in [0.15, 0.2) is 18.2 Å². The van der Waals surface area contributed by atoms with E-state index in [-0.39, 0.29) is 12.1 Å². The molecule has 2 rings (SSSR count). The number of cyclic esters (lactones) is 1. The van der Waals surface area contributed by atoms with Crippen LogP contribution in [0.1, 0.15) is 61.1 Å². The van der Waals surface area contributed by atoms with Crippen molar-refractivity contribution < 1.29 is 14.3 Å². The summed E-state index contributed by atoms with van der Waals surface area (Å²) in [5.74, 6) is 0.540. The molecule has 1 atom stereocenters. The van der Waals surface area contributed by atoms with Gasteiger partial charge < -0.3 is 9.47 Å². The third-order valence-corrected chi connectivity index (χ3v) is 4.02. The van der Waals surface area contributed by atoms with Gasteiger partial charge in [-0.3, -0.25) is 0 Å². The van der Waals surface area contributed by atoms with Crippen molar-refractivity contribution >= 4 is 21.9 Å². The number of ether oxygens (including phenoxy) is 2. The zero-order valence-corrected chi connectivity index (χ0v) is 13.4. The monoisotopic (exact) mass is 340 g/mol. The molecule has 0 radical (unpaired) electrons. The first-order chi connectivity index (χ1) is 9.76. The van der Waals surface area contributed by atoms with Gasteiger partial charge in [0.05, 0.1) is 12.2 Å². The zero-order chi connectivity index (χ0) is 14.4.